The molecule has 1 aromatic carbocycles. The van der Waals surface area contributed by atoms with Gasteiger partial charge in [-0.05, 0) is 30.0 Å². The molecular formula is C22H25N5O. The van der Waals surface area contributed by atoms with Gasteiger partial charge in [-0.25, -0.2) is 0 Å². The zero-order chi connectivity index (χ0) is 19.6. The fraction of sp³-hybridized carbons (Fsp3) is 0.318. The molecule has 0 bridgehead atoms. The van der Waals surface area contributed by atoms with E-state index in [1.165, 1.54) is 5.56 Å². The standard InChI is InChI=1S/C22H25N5O/c23-13-20(22(28)26-15-19-7-4-10-24-14-19)16-25-21-8-11-27(12-9-21)17-18-5-2-1-3-6-18/h1-7,10,14,16,21,25H,8-9,11-12,15,17H2,(H,26,28)/b20-16-. The second-order valence-electron chi connectivity index (χ2n) is 6.92. The van der Waals surface area contributed by atoms with E-state index < -0.39 is 0 Å². The minimum Gasteiger partial charge on any atom is -0.387 e. The van der Waals surface area contributed by atoms with E-state index in [2.05, 4.69) is 44.8 Å². The Morgan fingerprint density at radius 2 is 1.93 bits per heavy atom. The summed E-state index contributed by atoms with van der Waals surface area (Å²) in [7, 11) is 0. The van der Waals surface area contributed by atoms with E-state index >= 15 is 0 Å². The van der Waals surface area contributed by atoms with E-state index in [0.717, 1.165) is 38.0 Å². The van der Waals surface area contributed by atoms with Gasteiger partial charge >= 0.3 is 0 Å². The van der Waals surface area contributed by atoms with Crippen LogP contribution in [0, 0.1) is 11.3 Å². The first-order valence-corrected chi connectivity index (χ1v) is 9.54. The molecule has 0 spiro atoms. The maximum absolute atomic E-state index is 12.2. The summed E-state index contributed by atoms with van der Waals surface area (Å²) in [5, 5.41) is 15.3. The van der Waals surface area contributed by atoms with Crippen molar-refractivity contribution < 1.29 is 4.79 Å². The number of nitrogens with one attached hydrogen (secondary N) is 2. The summed E-state index contributed by atoms with van der Waals surface area (Å²) in [5.74, 6) is -0.375. The van der Waals surface area contributed by atoms with Crippen LogP contribution in [0.1, 0.15) is 24.0 Å². The summed E-state index contributed by atoms with van der Waals surface area (Å²) in [6, 6.07) is 16.4. The van der Waals surface area contributed by atoms with E-state index in [-0.39, 0.29) is 17.5 Å². The van der Waals surface area contributed by atoms with Crippen LogP contribution in [0.4, 0.5) is 0 Å². The van der Waals surface area contributed by atoms with Crippen LogP contribution in [0.15, 0.2) is 66.6 Å². The van der Waals surface area contributed by atoms with Gasteiger partial charge < -0.3 is 10.6 Å². The zero-order valence-corrected chi connectivity index (χ0v) is 15.8. The lowest BCUT2D eigenvalue weighted by molar-refractivity contribution is -0.117. The monoisotopic (exact) mass is 375 g/mol. The molecule has 28 heavy (non-hydrogen) atoms. The number of carbonyl (C=O) groups excluding carboxylic acids is 1. The third kappa shape index (κ3) is 5.93. The molecule has 6 nitrogen and oxygen atoms in total. The van der Waals surface area contributed by atoms with Crippen LogP contribution in [0.2, 0.25) is 0 Å². The Labute approximate surface area is 165 Å². The lowest BCUT2D eigenvalue weighted by Gasteiger charge is -2.32. The molecule has 1 aliphatic rings. The van der Waals surface area contributed by atoms with Gasteiger partial charge in [-0.3, -0.25) is 14.7 Å². The first-order valence-electron chi connectivity index (χ1n) is 9.54. The summed E-state index contributed by atoms with van der Waals surface area (Å²) < 4.78 is 0. The number of amides is 1. The molecule has 1 aromatic heterocycles. The van der Waals surface area contributed by atoms with Crippen molar-refractivity contribution in [3.8, 4) is 6.07 Å². The third-order valence-corrected chi connectivity index (χ3v) is 4.84. The highest BCUT2D eigenvalue weighted by Gasteiger charge is 2.19. The largest absolute Gasteiger partial charge is 0.387 e. The van der Waals surface area contributed by atoms with Crippen LogP contribution >= 0.6 is 0 Å². The smallest absolute Gasteiger partial charge is 0.263 e. The number of piperidine rings is 1. The number of likely N-dealkylation sites (tertiary alicyclic amines) is 1. The molecule has 0 atom stereocenters. The Kier molecular flexibility index (Phi) is 7.16. The molecule has 1 amide bonds. The van der Waals surface area contributed by atoms with Crippen molar-refractivity contribution in [2.24, 2.45) is 0 Å². The van der Waals surface area contributed by atoms with Gasteiger partial charge in [0.2, 0.25) is 0 Å². The van der Waals surface area contributed by atoms with Crippen LogP contribution < -0.4 is 10.6 Å². The quantitative estimate of drug-likeness (QED) is 0.574. The van der Waals surface area contributed by atoms with Gasteiger partial charge in [0.15, 0.2) is 0 Å². The van der Waals surface area contributed by atoms with E-state index in [1.54, 1.807) is 18.6 Å². The number of nitrogens with zero attached hydrogens (tertiary/aromatic N) is 3. The lowest BCUT2D eigenvalue weighted by Crippen LogP contribution is -2.40. The number of pyridine rings is 1. The second-order valence-corrected chi connectivity index (χ2v) is 6.92. The Morgan fingerprint density at radius 3 is 2.61 bits per heavy atom. The molecule has 0 unspecified atom stereocenters. The topological polar surface area (TPSA) is 81.0 Å². The zero-order valence-electron chi connectivity index (χ0n) is 15.8. The number of hydrogen-bond acceptors (Lipinski definition) is 5. The van der Waals surface area contributed by atoms with Crippen molar-refractivity contribution in [2.75, 3.05) is 13.1 Å². The summed E-state index contributed by atoms with van der Waals surface area (Å²) in [6.07, 6.45) is 6.90. The highest BCUT2D eigenvalue weighted by Crippen LogP contribution is 2.14. The Morgan fingerprint density at radius 1 is 1.18 bits per heavy atom. The third-order valence-electron chi connectivity index (χ3n) is 4.84. The second kappa shape index (κ2) is 10.2. The first-order chi connectivity index (χ1) is 13.7. The normalized spacial score (nSPS) is 15.6. The summed E-state index contributed by atoms with van der Waals surface area (Å²) in [5.41, 5.74) is 2.31. The maximum atomic E-state index is 12.2. The molecule has 2 aromatic rings. The molecule has 144 valence electrons. The fourth-order valence-corrected chi connectivity index (χ4v) is 3.23. The number of aromatic nitrogens is 1. The van der Waals surface area contributed by atoms with E-state index in [0.29, 0.717) is 6.54 Å². The molecule has 1 aliphatic heterocycles. The Hall–Kier alpha value is -3.17. The van der Waals surface area contributed by atoms with Gasteiger partial charge in [-0.1, -0.05) is 36.4 Å². The number of carbonyl (C=O) groups is 1. The first kappa shape index (κ1) is 19.6. The minimum absolute atomic E-state index is 0.0932. The van der Waals surface area contributed by atoms with Gasteiger partial charge in [0.05, 0.1) is 0 Å². The average Bonchev–Trinajstić information content (AvgIpc) is 2.75. The summed E-state index contributed by atoms with van der Waals surface area (Å²) in [4.78, 5) is 18.6. The molecular weight excluding hydrogens is 350 g/mol. The Balaban J connectivity index is 1.43. The molecule has 0 aliphatic carbocycles. The molecule has 6 heteroatoms. The van der Waals surface area contributed by atoms with Crippen molar-refractivity contribution >= 4 is 5.91 Å². The van der Waals surface area contributed by atoms with Crippen LogP contribution in [0.3, 0.4) is 0 Å². The van der Waals surface area contributed by atoms with Crippen molar-refractivity contribution in [1.82, 2.24) is 20.5 Å². The summed E-state index contributed by atoms with van der Waals surface area (Å²) in [6.45, 7) is 3.30. The van der Waals surface area contributed by atoms with Crippen molar-refractivity contribution in [2.45, 2.75) is 32.0 Å². The van der Waals surface area contributed by atoms with Gasteiger partial charge in [0, 0.05) is 50.8 Å². The van der Waals surface area contributed by atoms with Crippen molar-refractivity contribution in [3.05, 3.63) is 77.8 Å². The maximum Gasteiger partial charge on any atom is 0.263 e. The van der Waals surface area contributed by atoms with Gasteiger partial charge in [0.25, 0.3) is 5.91 Å². The highest BCUT2D eigenvalue weighted by atomic mass is 16.1. The number of benzene rings is 1. The van der Waals surface area contributed by atoms with Crippen LogP contribution in [-0.4, -0.2) is 34.9 Å². The van der Waals surface area contributed by atoms with Gasteiger partial charge in [0.1, 0.15) is 11.6 Å². The van der Waals surface area contributed by atoms with E-state index in [9.17, 15) is 10.1 Å². The molecule has 2 N–H and O–H groups in total. The number of rotatable bonds is 7. The SMILES string of the molecule is N#C/C(=C/NC1CCN(Cc2ccccc2)CC1)C(=O)NCc1cccnc1. The van der Waals surface area contributed by atoms with E-state index in [1.807, 2.05) is 24.3 Å². The molecule has 2 heterocycles. The minimum atomic E-state index is -0.375. The van der Waals surface area contributed by atoms with Gasteiger partial charge in [-0.15, -0.1) is 0 Å². The predicted octanol–water partition coefficient (Wildman–Crippen LogP) is 2.36. The van der Waals surface area contributed by atoms with Crippen LogP contribution in [-0.2, 0) is 17.9 Å². The molecule has 0 saturated carbocycles. The number of hydrogen-bond donors (Lipinski definition) is 2. The average molecular weight is 375 g/mol. The molecule has 1 fully saturated rings. The highest BCUT2D eigenvalue weighted by molar-refractivity contribution is 5.97. The molecule has 0 radical (unpaired) electrons. The molecule has 3 rings (SSSR count). The Bertz CT molecular complexity index is 821. The summed E-state index contributed by atoms with van der Waals surface area (Å²) >= 11 is 0. The fourth-order valence-electron chi connectivity index (χ4n) is 3.23. The van der Waals surface area contributed by atoms with E-state index in [4.69, 9.17) is 0 Å². The van der Waals surface area contributed by atoms with Gasteiger partial charge in [-0.2, -0.15) is 5.26 Å². The van der Waals surface area contributed by atoms with Crippen molar-refractivity contribution in [1.29, 1.82) is 5.26 Å². The molecule has 1 saturated heterocycles. The van der Waals surface area contributed by atoms with Crippen LogP contribution in [0.5, 0.6) is 0 Å². The lowest BCUT2D eigenvalue weighted by atomic mass is 10.0. The number of nitriles is 1. The van der Waals surface area contributed by atoms with Crippen LogP contribution in [0.25, 0.3) is 0 Å². The van der Waals surface area contributed by atoms with Crippen molar-refractivity contribution in [3.63, 3.8) is 0 Å². The predicted molar refractivity (Wildman–Crippen MR) is 108 cm³/mol.